The van der Waals surface area contributed by atoms with E-state index in [4.69, 9.17) is 21.6 Å². The Balaban J connectivity index is 1.96. The van der Waals surface area contributed by atoms with Gasteiger partial charge in [0.25, 0.3) is 5.91 Å². The molecule has 2 aromatic carbocycles. The van der Waals surface area contributed by atoms with Crippen molar-refractivity contribution >= 4 is 28.9 Å². The van der Waals surface area contributed by atoms with E-state index in [-0.39, 0.29) is 29.5 Å². The number of halogens is 1. The number of benzene rings is 2. The van der Waals surface area contributed by atoms with Crippen molar-refractivity contribution in [2.24, 2.45) is 0 Å². The molecule has 7 nitrogen and oxygen atoms in total. The van der Waals surface area contributed by atoms with Crippen molar-refractivity contribution in [1.29, 1.82) is 5.26 Å². The molecule has 0 spiro atoms. The van der Waals surface area contributed by atoms with Gasteiger partial charge in [-0.2, -0.15) is 5.26 Å². The van der Waals surface area contributed by atoms with Crippen LogP contribution in [0.3, 0.4) is 0 Å². The number of nitriles is 1. The van der Waals surface area contributed by atoms with Gasteiger partial charge in [-0.25, -0.2) is 0 Å². The zero-order chi connectivity index (χ0) is 17.5. The average molecular weight is 346 g/mol. The van der Waals surface area contributed by atoms with Gasteiger partial charge in [0.15, 0.2) is 12.4 Å². The number of carbonyl (C=O) groups excluding carboxylic acids is 1. The van der Waals surface area contributed by atoms with Gasteiger partial charge in [-0.1, -0.05) is 23.7 Å². The smallest absolute Gasteiger partial charge is 0.312 e. The van der Waals surface area contributed by atoms with Gasteiger partial charge in [-0.3, -0.25) is 14.9 Å². The minimum Gasteiger partial charge on any atom is -0.477 e. The summed E-state index contributed by atoms with van der Waals surface area (Å²) in [4.78, 5) is 22.2. The van der Waals surface area contributed by atoms with E-state index in [0.29, 0.717) is 5.69 Å². The van der Waals surface area contributed by atoms with Crippen LogP contribution in [0.2, 0.25) is 5.02 Å². The topological polar surface area (TPSA) is 105 Å². The number of hydrogen-bond donors (Lipinski definition) is 1. The Morgan fingerprint density at radius 2 is 2.00 bits per heavy atom. The first-order chi connectivity index (χ1) is 11.5. The van der Waals surface area contributed by atoms with Crippen LogP contribution in [0.1, 0.15) is 5.56 Å². The fourth-order valence-corrected chi connectivity index (χ4v) is 2.06. The minimum atomic E-state index is -0.632. The molecule has 0 aliphatic heterocycles. The predicted molar refractivity (Wildman–Crippen MR) is 88.0 cm³/mol. The first-order valence-corrected chi connectivity index (χ1v) is 7.20. The molecule has 0 aliphatic rings. The van der Waals surface area contributed by atoms with Gasteiger partial charge < -0.3 is 10.1 Å². The summed E-state index contributed by atoms with van der Waals surface area (Å²) in [5.41, 5.74) is 1.07. The Hall–Kier alpha value is -3.11. The van der Waals surface area contributed by atoms with E-state index >= 15 is 0 Å². The number of nitro benzene ring substituents is 1. The molecule has 0 bridgehead atoms. The fraction of sp³-hybridized carbons (Fsp3) is 0.125. The van der Waals surface area contributed by atoms with Crippen LogP contribution in [0.25, 0.3) is 0 Å². The molecule has 1 N–H and O–H groups in total. The highest BCUT2D eigenvalue weighted by molar-refractivity contribution is 6.30. The first-order valence-electron chi connectivity index (χ1n) is 6.82. The lowest BCUT2D eigenvalue weighted by atomic mass is 10.1. The van der Waals surface area contributed by atoms with Crippen LogP contribution in [0, 0.1) is 21.4 Å². The summed E-state index contributed by atoms with van der Waals surface area (Å²) < 4.78 is 5.19. The molecule has 2 rings (SSSR count). The minimum absolute atomic E-state index is 0.0380. The number of amides is 1. The Morgan fingerprint density at radius 3 is 2.62 bits per heavy atom. The molecule has 0 fully saturated rings. The normalized spacial score (nSPS) is 9.83. The Bertz CT molecular complexity index is 800. The number of ether oxygens (including phenoxy) is 1. The van der Waals surface area contributed by atoms with Crippen LogP contribution in [0.15, 0.2) is 42.5 Å². The summed E-state index contributed by atoms with van der Waals surface area (Å²) in [6.07, 6.45) is 0.289. The third-order valence-electron chi connectivity index (χ3n) is 3.00. The first kappa shape index (κ1) is 17.2. The van der Waals surface area contributed by atoms with Crippen molar-refractivity contribution in [2.45, 2.75) is 6.42 Å². The zero-order valence-corrected chi connectivity index (χ0v) is 13.1. The van der Waals surface area contributed by atoms with E-state index in [9.17, 15) is 14.9 Å². The van der Waals surface area contributed by atoms with Crippen molar-refractivity contribution in [3.05, 3.63) is 63.2 Å². The van der Waals surface area contributed by atoms with Crippen molar-refractivity contribution in [3.63, 3.8) is 0 Å². The quantitative estimate of drug-likeness (QED) is 0.638. The molecule has 0 heterocycles. The average Bonchev–Trinajstić information content (AvgIpc) is 2.55. The molecule has 8 heteroatoms. The maximum Gasteiger partial charge on any atom is 0.312 e. The van der Waals surface area contributed by atoms with Gasteiger partial charge in [0.1, 0.15) is 0 Å². The zero-order valence-electron chi connectivity index (χ0n) is 12.4. The highest BCUT2D eigenvalue weighted by Crippen LogP contribution is 2.29. The molecule has 0 aliphatic carbocycles. The van der Waals surface area contributed by atoms with Gasteiger partial charge in [0, 0.05) is 16.8 Å². The maximum atomic E-state index is 11.9. The summed E-state index contributed by atoms with van der Waals surface area (Å²) in [7, 11) is 0. The molecule has 0 radical (unpaired) electrons. The van der Waals surface area contributed by atoms with E-state index in [1.54, 1.807) is 24.3 Å². The van der Waals surface area contributed by atoms with Gasteiger partial charge >= 0.3 is 5.69 Å². The number of hydrogen-bond acceptors (Lipinski definition) is 5. The molecule has 0 saturated carbocycles. The second kappa shape index (κ2) is 7.94. The highest BCUT2D eigenvalue weighted by Gasteiger charge is 2.16. The lowest BCUT2D eigenvalue weighted by molar-refractivity contribution is -0.385. The van der Waals surface area contributed by atoms with Crippen LogP contribution in [0.4, 0.5) is 11.4 Å². The summed E-state index contributed by atoms with van der Waals surface area (Å²) in [6.45, 7) is -0.386. The van der Waals surface area contributed by atoms with Crippen molar-refractivity contribution < 1.29 is 14.5 Å². The third kappa shape index (κ3) is 4.69. The largest absolute Gasteiger partial charge is 0.477 e. The van der Waals surface area contributed by atoms with Crippen LogP contribution < -0.4 is 10.1 Å². The van der Waals surface area contributed by atoms with Gasteiger partial charge in [-0.15, -0.1) is 0 Å². The van der Waals surface area contributed by atoms with E-state index < -0.39 is 10.8 Å². The molecule has 0 atom stereocenters. The third-order valence-corrected chi connectivity index (χ3v) is 3.23. The fourth-order valence-electron chi connectivity index (χ4n) is 1.89. The SMILES string of the molecule is N#CCc1ccc(NC(=O)COc2ccc(Cl)cc2[N+](=O)[O-])cc1. The molecule has 1 amide bonds. The van der Waals surface area contributed by atoms with E-state index in [2.05, 4.69) is 5.32 Å². The number of rotatable bonds is 6. The van der Waals surface area contributed by atoms with Gasteiger partial charge in [0.2, 0.25) is 0 Å². The number of carbonyl (C=O) groups is 1. The molecule has 0 aromatic heterocycles. The van der Waals surface area contributed by atoms with Crippen LogP contribution in [-0.2, 0) is 11.2 Å². The van der Waals surface area contributed by atoms with E-state index in [1.165, 1.54) is 12.1 Å². The van der Waals surface area contributed by atoms with Crippen molar-refractivity contribution in [2.75, 3.05) is 11.9 Å². The standard InChI is InChI=1S/C16H12ClN3O4/c17-12-3-6-15(14(9-12)20(22)23)24-10-16(21)19-13-4-1-11(2-5-13)7-8-18/h1-6,9H,7,10H2,(H,19,21). The number of nitrogens with one attached hydrogen (secondary N) is 1. The van der Waals surface area contributed by atoms with E-state index in [1.807, 2.05) is 6.07 Å². The second-order valence-electron chi connectivity index (χ2n) is 4.74. The Morgan fingerprint density at radius 1 is 1.29 bits per heavy atom. The summed E-state index contributed by atoms with van der Waals surface area (Å²) in [6, 6.07) is 12.7. The predicted octanol–water partition coefficient (Wildman–Crippen LogP) is 3.33. The summed E-state index contributed by atoms with van der Waals surface area (Å²) >= 11 is 5.71. The molecule has 0 saturated heterocycles. The Kier molecular flexibility index (Phi) is 5.71. The molecule has 2 aromatic rings. The number of nitro groups is 1. The van der Waals surface area contributed by atoms with Gasteiger partial charge in [-0.05, 0) is 29.8 Å². The second-order valence-corrected chi connectivity index (χ2v) is 5.17. The van der Waals surface area contributed by atoms with Crippen molar-refractivity contribution in [3.8, 4) is 11.8 Å². The lowest BCUT2D eigenvalue weighted by Gasteiger charge is -2.08. The van der Waals surface area contributed by atoms with E-state index in [0.717, 1.165) is 11.6 Å². The molecule has 0 unspecified atom stereocenters. The monoisotopic (exact) mass is 345 g/mol. The Labute approximate surface area is 142 Å². The highest BCUT2D eigenvalue weighted by atomic mass is 35.5. The molecule has 122 valence electrons. The number of anilines is 1. The lowest BCUT2D eigenvalue weighted by Crippen LogP contribution is -2.20. The molecular formula is C16H12ClN3O4. The number of nitrogens with zero attached hydrogens (tertiary/aromatic N) is 2. The van der Waals surface area contributed by atoms with Crippen LogP contribution in [-0.4, -0.2) is 17.4 Å². The van der Waals surface area contributed by atoms with Crippen molar-refractivity contribution in [1.82, 2.24) is 0 Å². The summed E-state index contributed by atoms with van der Waals surface area (Å²) in [5.74, 6) is -0.504. The molecular weight excluding hydrogens is 334 g/mol. The van der Waals surface area contributed by atoms with Crippen LogP contribution in [0.5, 0.6) is 5.75 Å². The molecule has 24 heavy (non-hydrogen) atoms. The summed E-state index contributed by atoms with van der Waals surface area (Å²) in [5, 5.41) is 22.3. The van der Waals surface area contributed by atoms with Crippen LogP contribution >= 0.6 is 11.6 Å². The maximum absolute atomic E-state index is 11.9. The van der Waals surface area contributed by atoms with Gasteiger partial charge in [0.05, 0.1) is 17.4 Å².